The topological polar surface area (TPSA) is 76.7 Å². The average molecular weight is 370 g/mol. The van der Waals surface area contributed by atoms with Crippen molar-refractivity contribution in [1.29, 1.82) is 0 Å². The van der Waals surface area contributed by atoms with Gasteiger partial charge in [0.1, 0.15) is 12.4 Å². The van der Waals surface area contributed by atoms with Crippen molar-refractivity contribution in [2.24, 2.45) is 0 Å². The molecule has 0 aliphatic rings. The van der Waals surface area contributed by atoms with Crippen LogP contribution in [0.2, 0.25) is 0 Å². The summed E-state index contributed by atoms with van der Waals surface area (Å²) in [7, 11) is 0. The van der Waals surface area contributed by atoms with Gasteiger partial charge in [-0.2, -0.15) is 0 Å². The Hall–Kier alpha value is -2.86. The van der Waals surface area contributed by atoms with Crippen LogP contribution in [0, 0.1) is 0 Å². The predicted octanol–water partition coefficient (Wildman–Crippen LogP) is 3.49. The molecule has 2 aromatic carbocycles. The van der Waals surface area contributed by atoms with E-state index in [9.17, 15) is 9.59 Å². The molecule has 0 aromatic heterocycles. The van der Waals surface area contributed by atoms with Gasteiger partial charge < -0.3 is 20.1 Å². The van der Waals surface area contributed by atoms with Gasteiger partial charge >= 0.3 is 0 Å². The minimum absolute atomic E-state index is 0.0463. The number of rotatable bonds is 9. The molecule has 0 saturated heterocycles. The average Bonchev–Trinajstić information content (AvgIpc) is 2.65. The van der Waals surface area contributed by atoms with Gasteiger partial charge in [-0.25, -0.2) is 0 Å². The van der Waals surface area contributed by atoms with Crippen LogP contribution in [0.3, 0.4) is 0 Å². The molecule has 2 N–H and O–H groups in total. The highest BCUT2D eigenvalue weighted by Gasteiger charge is 2.10. The van der Waals surface area contributed by atoms with Gasteiger partial charge in [-0.05, 0) is 63.2 Å². The first-order chi connectivity index (χ1) is 13.0. The molecule has 0 fully saturated rings. The molecule has 144 valence electrons. The first kappa shape index (κ1) is 20.5. The lowest BCUT2D eigenvalue weighted by Crippen LogP contribution is -2.30. The van der Waals surface area contributed by atoms with Gasteiger partial charge in [0, 0.05) is 29.5 Å². The van der Waals surface area contributed by atoms with E-state index in [1.807, 2.05) is 20.8 Å². The monoisotopic (exact) mass is 370 g/mol. The third-order valence-electron chi connectivity index (χ3n) is 3.62. The van der Waals surface area contributed by atoms with Gasteiger partial charge in [-0.1, -0.05) is 6.07 Å². The first-order valence-electron chi connectivity index (χ1n) is 9.02. The van der Waals surface area contributed by atoms with Gasteiger partial charge in [0.25, 0.3) is 11.8 Å². The Morgan fingerprint density at radius 2 is 1.70 bits per heavy atom. The van der Waals surface area contributed by atoms with Gasteiger partial charge in [0.15, 0.2) is 0 Å². The Balaban J connectivity index is 1.95. The summed E-state index contributed by atoms with van der Waals surface area (Å²) in [4.78, 5) is 24.5. The zero-order valence-electron chi connectivity index (χ0n) is 16.0. The lowest BCUT2D eigenvalue weighted by atomic mass is 10.1. The summed E-state index contributed by atoms with van der Waals surface area (Å²) in [5.74, 6) is 0.255. The van der Waals surface area contributed by atoms with Crippen molar-refractivity contribution in [3.8, 4) is 5.75 Å². The van der Waals surface area contributed by atoms with E-state index < -0.39 is 0 Å². The predicted molar refractivity (Wildman–Crippen MR) is 105 cm³/mol. The van der Waals surface area contributed by atoms with Crippen LogP contribution in [0.5, 0.6) is 5.75 Å². The highest BCUT2D eigenvalue weighted by atomic mass is 16.5. The number of hydrogen-bond acceptors (Lipinski definition) is 4. The molecule has 0 radical (unpaired) electrons. The molecule has 0 unspecified atom stereocenters. The van der Waals surface area contributed by atoms with Crippen molar-refractivity contribution in [2.75, 3.05) is 25.1 Å². The van der Waals surface area contributed by atoms with Crippen LogP contribution >= 0.6 is 0 Å². The van der Waals surface area contributed by atoms with E-state index >= 15 is 0 Å². The number of hydrogen-bond donors (Lipinski definition) is 2. The molecule has 2 rings (SSSR count). The Morgan fingerprint density at radius 1 is 0.963 bits per heavy atom. The van der Waals surface area contributed by atoms with E-state index in [0.717, 1.165) is 0 Å². The molecule has 0 bridgehead atoms. The third kappa shape index (κ3) is 6.75. The first-order valence-corrected chi connectivity index (χ1v) is 9.02. The fraction of sp³-hybridized carbons (Fsp3) is 0.333. The molecular formula is C21H26N2O4. The van der Waals surface area contributed by atoms with Gasteiger partial charge in [0.2, 0.25) is 0 Å². The molecule has 2 amide bonds. The van der Waals surface area contributed by atoms with Crippen molar-refractivity contribution in [3.63, 3.8) is 0 Å². The number of carbonyl (C=O) groups is 2. The van der Waals surface area contributed by atoms with E-state index in [1.54, 1.807) is 48.5 Å². The van der Waals surface area contributed by atoms with Crippen molar-refractivity contribution in [2.45, 2.75) is 26.8 Å². The van der Waals surface area contributed by atoms with Crippen LogP contribution in [0.4, 0.5) is 5.69 Å². The largest absolute Gasteiger partial charge is 0.491 e. The maximum atomic E-state index is 12.4. The van der Waals surface area contributed by atoms with Crippen LogP contribution in [0.25, 0.3) is 0 Å². The Morgan fingerprint density at radius 3 is 2.37 bits per heavy atom. The maximum absolute atomic E-state index is 12.4. The summed E-state index contributed by atoms with van der Waals surface area (Å²) < 4.78 is 10.7. The van der Waals surface area contributed by atoms with Gasteiger partial charge in [0.05, 0.1) is 6.61 Å². The number of ether oxygens (including phenoxy) is 2. The second-order valence-electron chi connectivity index (χ2n) is 6.23. The number of benzene rings is 2. The van der Waals surface area contributed by atoms with E-state index in [1.165, 1.54) is 0 Å². The maximum Gasteiger partial charge on any atom is 0.255 e. The minimum Gasteiger partial charge on any atom is -0.491 e. The molecule has 6 heteroatoms. The summed E-state index contributed by atoms with van der Waals surface area (Å²) in [5, 5.41) is 5.63. The van der Waals surface area contributed by atoms with Gasteiger partial charge in [-0.3, -0.25) is 9.59 Å². The van der Waals surface area contributed by atoms with Crippen LogP contribution in [0.1, 0.15) is 41.5 Å². The Kier molecular flexibility index (Phi) is 7.82. The van der Waals surface area contributed by atoms with Crippen molar-refractivity contribution < 1.29 is 19.1 Å². The van der Waals surface area contributed by atoms with Crippen LogP contribution in [-0.4, -0.2) is 37.7 Å². The van der Waals surface area contributed by atoms with E-state index in [4.69, 9.17) is 9.47 Å². The summed E-state index contributed by atoms with van der Waals surface area (Å²) in [6.45, 7) is 7.37. The minimum atomic E-state index is -0.253. The van der Waals surface area contributed by atoms with E-state index in [-0.39, 0.29) is 17.9 Å². The molecule has 27 heavy (non-hydrogen) atoms. The van der Waals surface area contributed by atoms with Crippen molar-refractivity contribution >= 4 is 17.5 Å². The Labute approximate surface area is 159 Å². The smallest absolute Gasteiger partial charge is 0.255 e. The molecule has 0 heterocycles. The second-order valence-corrected chi connectivity index (χ2v) is 6.23. The highest BCUT2D eigenvalue weighted by molar-refractivity contribution is 6.05. The van der Waals surface area contributed by atoms with Crippen LogP contribution in [0.15, 0.2) is 48.5 Å². The Bertz CT molecular complexity index is 757. The van der Waals surface area contributed by atoms with Crippen molar-refractivity contribution in [3.05, 3.63) is 59.7 Å². The standard InChI is InChI=1S/C21H26N2O4/c1-4-26-12-13-27-19-10-8-16(9-11-19)20(24)23-18-7-5-6-17(14-18)21(25)22-15(2)3/h5-11,14-15H,4,12-13H2,1-3H3,(H,22,25)(H,23,24). The summed E-state index contributed by atoms with van der Waals surface area (Å²) in [6.07, 6.45) is 0. The summed E-state index contributed by atoms with van der Waals surface area (Å²) in [5.41, 5.74) is 1.57. The molecule has 0 aliphatic heterocycles. The van der Waals surface area contributed by atoms with E-state index in [2.05, 4.69) is 10.6 Å². The lowest BCUT2D eigenvalue weighted by Gasteiger charge is -2.11. The van der Waals surface area contributed by atoms with E-state index in [0.29, 0.717) is 42.4 Å². The number of nitrogens with one attached hydrogen (secondary N) is 2. The summed E-state index contributed by atoms with van der Waals surface area (Å²) >= 11 is 0. The highest BCUT2D eigenvalue weighted by Crippen LogP contribution is 2.15. The second kappa shape index (κ2) is 10.3. The third-order valence-corrected chi connectivity index (χ3v) is 3.62. The molecule has 0 spiro atoms. The molecule has 0 aliphatic carbocycles. The molecule has 2 aromatic rings. The lowest BCUT2D eigenvalue weighted by molar-refractivity contribution is 0.0941. The van der Waals surface area contributed by atoms with Gasteiger partial charge in [-0.15, -0.1) is 0 Å². The molecular weight excluding hydrogens is 344 g/mol. The zero-order valence-corrected chi connectivity index (χ0v) is 16.0. The summed E-state index contributed by atoms with van der Waals surface area (Å²) in [6, 6.07) is 13.8. The zero-order chi connectivity index (χ0) is 19.6. The van der Waals surface area contributed by atoms with Crippen molar-refractivity contribution in [1.82, 2.24) is 5.32 Å². The molecule has 0 atom stereocenters. The molecule has 0 saturated carbocycles. The number of carbonyl (C=O) groups excluding carboxylic acids is 2. The fourth-order valence-electron chi connectivity index (χ4n) is 2.35. The van der Waals surface area contributed by atoms with Crippen LogP contribution < -0.4 is 15.4 Å². The SMILES string of the molecule is CCOCCOc1ccc(C(=O)Nc2cccc(C(=O)NC(C)C)c2)cc1. The number of anilines is 1. The quantitative estimate of drug-likeness (QED) is 0.663. The normalized spacial score (nSPS) is 10.5. The molecule has 6 nitrogen and oxygen atoms in total. The number of amides is 2. The fourth-order valence-corrected chi connectivity index (χ4v) is 2.35. The van der Waals surface area contributed by atoms with Crippen LogP contribution in [-0.2, 0) is 4.74 Å².